The molecule has 0 heterocycles. The third kappa shape index (κ3) is 17.3. The number of allylic oxidation sites excluding steroid dienone is 3. The van der Waals surface area contributed by atoms with Crippen LogP contribution in [0.1, 0.15) is 98.0 Å². The van der Waals surface area contributed by atoms with Gasteiger partial charge in [0.1, 0.15) is 0 Å². The van der Waals surface area contributed by atoms with Crippen LogP contribution in [0.15, 0.2) is 59.2 Å². The molecule has 0 aliphatic heterocycles. The summed E-state index contributed by atoms with van der Waals surface area (Å²) in [7, 11) is 0. The van der Waals surface area contributed by atoms with Gasteiger partial charge in [0, 0.05) is 25.9 Å². The van der Waals surface area contributed by atoms with E-state index >= 15 is 0 Å². The van der Waals surface area contributed by atoms with E-state index in [0.717, 1.165) is 32.7 Å². The highest BCUT2D eigenvalue weighted by Crippen LogP contribution is 2.14. The molecule has 0 radical (unpaired) electrons. The summed E-state index contributed by atoms with van der Waals surface area (Å²) in [6.45, 7) is 14.6. The van der Waals surface area contributed by atoms with Gasteiger partial charge in [0.15, 0.2) is 0 Å². The van der Waals surface area contributed by atoms with Crippen molar-refractivity contribution in [2.24, 2.45) is 4.99 Å². The number of hydrogen-bond acceptors (Lipinski definition) is 3. The molecule has 0 aliphatic carbocycles. The summed E-state index contributed by atoms with van der Waals surface area (Å²) in [5.74, 6) is 0. The Kier molecular flexibility index (Phi) is 16.4. The van der Waals surface area contributed by atoms with Gasteiger partial charge in [-0.2, -0.15) is 0 Å². The summed E-state index contributed by atoms with van der Waals surface area (Å²) >= 11 is 0. The third-order valence-electron chi connectivity index (χ3n) is 5.65. The maximum Gasteiger partial charge on any atom is 0.0716 e. The van der Waals surface area contributed by atoms with Crippen molar-refractivity contribution >= 4 is 6.21 Å². The van der Waals surface area contributed by atoms with Crippen LogP contribution in [0.5, 0.6) is 0 Å². The molecule has 1 aromatic carbocycles. The van der Waals surface area contributed by atoms with Crippen molar-refractivity contribution in [2.45, 2.75) is 105 Å². The van der Waals surface area contributed by atoms with E-state index < -0.39 is 0 Å². The Hall–Kier alpha value is -1.87. The van der Waals surface area contributed by atoms with Gasteiger partial charge in [-0.05, 0) is 77.3 Å². The molecule has 0 bridgehead atoms. The van der Waals surface area contributed by atoms with Crippen LogP contribution in [0.3, 0.4) is 0 Å². The molecule has 0 aromatic heterocycles. The molecule has 0 spiro atoms. The Balaban J connectivity index is 2.14. The topological polar surface area (TPSA) is 24.8 Å². The fourth-order valence-electron chi connectivity index (χ4n) is 3.55. The van der Waals surface area contributed by atoms with E-state index in [1.165, 1.54) is 62.5 Å². The van der Waals surface area contributed by atoms with Crippen molar-refractivity contribution in [2.75, 3.05) is 19.7 Å². The van der Waals surface area contributed by atoms with Crippen molar-refractivity contribution in [1.29, 1.82) is 0 Å². The number of nitrogens with zero attached hydrogens (tertiary/aromatic N) is 2. The van der Waals surface area contributed by atoms with Crippen LogP contribution >= 0.6 is 0 Å². The molecule has 0 saturated carbocycles. The molecule has 0 fully saturated rings. The Morgan fingerprint density at radius 1 is 0.879 bits per heavy atom. The molecule has 0 N–H and O–H groups in total. The van der Waals surface area contributed by atoms with Gasteiger partial charge in [0.05, 0.1) is 12.1 Å². The molecule has 0 saturated heterocycles. The molecule has 186 valence electrons. The number of unbranched alkanes of at least 4 members (excludes halogenated alkanes) is 7. The Morgan fingerprint density at radius 3 is 2.09 bits per heavy atom. The van der Waals surface area contributed by atoms with E-state index in [9.17, 15) is 0 Å². The Labute approximate surface area is 205 Å². The second-order valence-corrected chi connectivity index (χ2v) is 9.85. The lowest BCUT2D eigenvalue weighted by atomic mass is 10.0. The maximum absolute atomic E-state index is 5.77. The number of aliphatic imine (C=N–C) groups is 1. The van der Waals surface area contributed by atoms with Gasteiger partial charge >= 0.3 is 0 Å². The highest BCUT2D eigenvalue weighted by Gasteiger charge is 2.05. The van der Waals surface area contributed by atoms with Crippen molar-refractivity contribution < 1.29 is 4.74 Å². The zero-order valence-corrected chi connectivity index (χ0v) is 22.2. The Bertz CT molecular complexity index is 666. The lowest BCUT2D eigenvalue weighted by Crippen LogP contribution is -2.14. The fourth-order valence-corrected chi connectivity index (χ4v) is 3.55. The van der Waals surface area contributed by atoms with Crippen molar-refractivity contribution in [3.05, 3.63) is 59.8 Å². The summed E-state index contributed by atoms with van der Waals surface area (Å²) in [4.78, 5) is 7.04. The monoisotopic (exact) mass is 454 g/mol. The average Bonchev–Trinajstić information content (AvgIpc) is 2.80. The molecule has 0 unspecified atom stereocenters. The lowest BCUT2D eigenvalue weighted by molar-refractivity contribution is 0.116. The molecule has 1 aromatic rings. The quantitative estimate of drug-likeness (QED) is 0.126. The van der Waals surface area contributed by atoms with Crippen LogP contribution in [-0.4, -0.2) is 36.3 Å². The first kappa shape index (κ1) is 29.2. The minimum Gasteiger partial charge on any atom is -0.378 e. The van der Waals surface area contributed by atoms with Crippen LogP contribution in [0, 0.1) is 0 Å². The van der Waals surface area contributed by atoms with Crippen molar-refractivity contribution in [1.82, 2.24) is 4.90 Å². The normalized spacial score (nSPS) is 12.8. The van der Waals surface area contributed by atoms with Crippen LogP contribution in [0.2, 0.25) is 0 Å². The van der Waals surface area contributed by atoms with Crippen LogP contribution in [-0.2, 0) is 11.3 Å². The molecule has 33 heavy (non-hydrogen) atoms. The zero-order valence-electron chi connectivity index (χ0n) is 22.2. The van der Waals surface area contributed by atoms with E-state index in [1.54, 1.807) is 0 Å². The molecule has 1 rings (SSSR count). The predicted octanol–water partition coefficient (Wildman–Crippen LogP) is 8.37. The molecule has 0 atom stereocenters. The van der Waals surface area contributed by atoms with Gasteiger partial charge in [-0.25, -0.2) is 0 Å². The van der Waals surface area contributed by atoms with E-state index in [1.807, 2.05) is 6.07 Å². The van der Waals surface area contributed by atoms with Crippen molar-refractivity contribution in [3.63, 3.8) is 0 Å². The average molecular weight is 455 g/mol. The lowest BCUT2D eigenvalue weighted by Gasteiger charge is -2.14. The maximum atomic E-state index is 5.77. The Morgan fingerprint density at radius 2 is 1.48 bits per heavy atom. The van der Waals surface area contributed by atoms with Crippen molar-refractivity contribution in [3.8, 4) is 0 Å². The van der Waals surface area contributed by atoms with Gasteiger partial charge in [0.2, 0.25) is 0 Å². The minimum absolute atomic E-state index is 0.0196. The first-order chi connectivity index (χ1) is 15.9. The number of benzene rings is 1. The van der Waals surface area contributed by atoms with Gasteiger partial charge in [-0.3, -0.25) is 4.99 Å². The van der Waals surface area contributed by atoms with Crippen LogP contribution < -0.4 is 0 Å². The molecular formula is C30H50N2O. The SMILES string of the molecule is CCN(/C=C/C=C(/C=NC(C)(C)C)CCCCCCCCCCOCc1ccccc1)CC. The van der Waals surface area contributed by atoms with E-state index in [0.29, 0.717) is 0 Å². The molecule has 0 aliphatic rings. The summed E-state index contributed by atoms with van der Waals surface area (Å²) in [5, 5.41) is 0. The first-order valence-electron chi connectivity index (χ1n) is 13.2. The summed E-state index contributed by atoms with van der Waals surface area (Å²) < 4.78 is 5.77. The molecule has 3 heteroatoms. The molecule has 3 nitrogen and oxygen atoms in total. The summed E-state index contributed by atoms with van der Waals surface area (Å²) in [5.41, 5.74) is 2.58. The highest BCUT2D eigenvalue weighted by atomic mass is 16.5. The van der Waals surface area contributed by atoms with E-state index in [-0.39, 0.29) is 5.54 Å². The van der Waals surface area contributed by atoms with Gasteiger partial charge < -0.3 is 9.64 Å². The summed E-state index contributed by atoms with van der Waals surface area (Å²) in [6, 6.07) is 10.4. The highest BCUT2D eigenvalue weighted by molar-refractivity contribution is 5.79. The third-order valence-corrected chi connectivity index (χ3v) is 5.65. The predicted molar refractivity (Wildman–Crippen MR) is 146 cm³/mol. The largest absolute Gasteiger partial charge is 0.378 e. The molecule has 0 amide bonds. The number of hydrogen-bond donors (Lipinski definition) is 0. The second-order valence-electron chi connectivity index (χ2n) is 9.85. The van der Waals surface area contributed by atoms with E-state index in [2.05, 4.69) is 88.4 Å². The number of ether oxygens (including phenoxy) is 1. The van der Waals surface area contributed by atoms with Gasteiger partial charge in [-0.15, -0.1) is 0 Å². The van der Waals surface area contributed by atoms with Crippen LogP contribution in [0.25, 0.3) is 0 Å². The van der Waals surface area contributed by atoms with E-state index in [4.69, 9.17) is 9.73 Å². The van der Waals surface area contributed by atoms with Crippen LogP contribution in [0.4, 0.5) is 0 Å². The van der Waals surface area contributed by atoms with Gasteiger partial charge in [-0.1, -0.05) is 74.9 Å². The zero-order chi connectivity index (χ0) is 24.2. The number of rotatable bonds is 18. The standard InChI is InChI=1S/C30H50N2O/c1-6-32(7-2)24-19-23-28(26-31-30(3,4)5)20-15-12-10-8-9-11-13-18-25-33-27-29-21-16-14-17-22-29/h14,16-17,19,21-24,26H,6-13,15,18,20,25,27H2,1-5H3/b24-19+,28-23+,31-26?. The minimum atomic E-state index is -0.0196. The first-order valence-corrected chi connectivity index (χ1v) is 13.2. The van der Waals surface area contributed by atoms with Gasteiger partial charge in [0.25, 0.3) is 0 Å². The molecular weight excluding hydrogens is 404 g/mol. The second kappa shape index (κ2) is 18.5. The summed E-state index contributed by atoms with van der Waals surface area (Å²) in [6.07, 6.45) is 20.2. The fraction of sp³-hybridized carbons (Fsp3) is 0.633. The smallest absolute Gasteiger partial charge is 0.0716 e.